The molecule has 1 aromatic rings. The topological polar surface area (TPSA) is 29.3 Å². The molecule has 2 nitrogen and oxygen atoms in total. The Morgan fingerprint density at radius 1 is 1.44 bits per heavy atom. The molecule has 0 aliphatic rings. The number of hydrogen-bond acceptors (Lipinski definition) is 2. The zero-order valence-electron chi connectivity index (χ0n) is 10.1. The summed E-state index contributed by atoms with van der Waals surface area (Å²) < 4.78 is 13.1. The van der Waals surface area contributed by atoms with Gasteiger partial charge in [0.15, 0.2) is 0 Å². The van der Waals surface area contributed by atoms with Gasteiger partial charge in [-0.25, -0.2) is 4.39 Å². The Bertz CT molecular complexity index is 315. The van der Waals surface area contributed by atoms with E-state index in [0.29, 0.717) is 6.54 Å². The van der Waals surface area contributed by atoms with Gasteiger partial charge in [0.25, 0.3) is 0 Å². The van der Waals surface area contributed by atoms with Crippen LogP contribution in [0, 0.1) is 5.82 Å². The standard InChI is InChI=1S/C13H21FN2/c1-3-4-8-16(2)13(10-15)11-6-5-7-12(14)9-11/h5-7,9,13H,3-4,8,10,15H2,1-2H3. The highest BCUT2D eigenvalue weighted by Gasteiger charge is 2.14. The van der Waals surface area contributed by atoms with Gasteiger partial charge in [0.1, 0.15) is 5.82 Å². The summed E-state index contributed by atoms with van der Waals surface area (Å²) in [6.45, 7) is 3.67. The van der Waals surface area contributed by atoms with Gasteiger partial charge >= 0.3 is 0 Å². The number of nitrogens with two attached hydrogens (primary N) is 1. The first-order chi connectivity index (χ1) is 7.69. The Kier molecular flexibility index (Phi) is 5.43. The summed E-state index contributed by atoms with van der Waals surface area (Å²) in [4.78, 5) is 2.19. The molecular formula is C13H21FN2. The van der Waals surface area contributed by atoms with E-state index in [1.807, 2.05) is 13.1 Å². The van der Waals surface area contributed by atoms with Gasteiger partial charge in [-0.3, -0.25) is 4.90 Å². The third-order valence-corrected chi connectivity index (χ3v) is 2.85. The quantitative estimate of drug-likeness (QED) is 0.804. The van der Waals surface area contributed by atoms with Crippen molar-refractivity contribution >= 4 is 0 Å². The summed E-state index contributed by atoms with van der Waals surface area (Å²) in [5.74, 6) is -0.195. The number of unbranched alkanes of at least 4 members (excludes halogenated alkanes) is 1. The predicted octanol–water partition coefficient (Wildman–Crippen LogP) is 2.56. The highest BCUT2D eigenvalue weighted by atomic mass is 19.1. The molecule has 1 aromatic carbocycles. The highest BCUT2D eigenvalue weighted by Crippen LogP contribution is 2.19. The molecular weight excluding hydrogens is 203 g/mol. The van der Waals surface area contributed by atoms with Crippen LogP contribution in [0.25, 0.3) is 0 Å². The van der Waals surface area contributed by atoms with Gasteiger partial charge in [-0.15, -0.1) is 0 Å². The second-order valence-electron chi connectivity index (χ2n) is 4.14. The number of halogens is 1. The van der Waals surface area contributed by atoms with Crippen LogP contribution in [0.15, 0.2) is 24.3 Å². The molecule has 1 unspecified atom stereocenters. The molecule has 16 heavy (non-hydrogen) atoms. The van der Waals surface area contributed by atoms with Crippen LogP contribution < -0.4 is 5.73 Å². The van der Waals surface area contributed by atoms with E-state index in [-0.39, 0.29) is 11.9 Å². The van der Waals surface area contributed by atoms with Crippen LogP contribution in [-0.4, -0.2) is 25.0 Å². The monoisotopic (exact) mass is 224 g/mol. The molecule has 90 valence electrons. The van der Waals surface area contributed by atoms with Crippen molar-refractivity contribution < 1.29 is 4.39 Å². The summed E-state index contributed by atoms with van der Waals surface area (Å²) >= 11 is 0. The fourth-order valence-corrected chi connectivity index (χ4v) is 1.85. The first-order valence-electron chi connectivity index (χ1n) is 5.84. The van der Waals surface area contributed by atoms with Crippen LogP contribution in [0.5, 0.6) is 0 Å². The number of benzene rings is 1. The van der Waals surface area contributed by atoms with Crippen molar-refractivity contribution in [2.75, 3.05) is 20.1 Å². The van der Waals surface area contributed by atoms with Gasteiger partial charge in [-0.05, 0) is 37.7 Å². The van der Waals surface area contributed by atoms with E-state index in [0.717, 1.165) is 24.9 Å². The van der Waals surface area contributed by atoms with Crippen molar-refractivity contribution in [2.45, 2.75) is 25.8 Å². The first-order valence-corrected chi connectivity index (χ1v) is 5.84. The Morgan fingerprint density at radius 2 is 2.19 bits per heavy atom. The summed E-state index contributed by atoms with van der Waals surface area (Å²) in [6.07, 6.45) is 2.30. The minimum atomic E-state index is -0.195. The summed E-state index contributed by atoms with van der Waals surface area (Å²) in [5, 5.41) is 0. The summed E-state index contributed by atoms with van der Waals surface area (Å²) in [5.41, 5.74) is 6.72. The SMILES string of the molecule is CCCCN(C)C(CN)c1cccc(F)c1. The second kappa shape index (κ2) is 6.61. The van der Waals surface area contributed by atoms with Crippen molar-refractivity contribution in [3.8, 4) is 0 Å². The van der Waals surface area contributed by atoms with Crippen LogP contribution in [0.2, 0.25) is 0 Å². The third-order valence-electron chi connectivity index (χ3n) is 2.85. The molecule has 0 heterocycles. The van der Waals surface area contributed by atoms with Crippen LogP contribution in [0.1, 0.15) is 31.4 Å². The van der Waals surface area contributed by atoms with Crippen molar-refractivity contribution in [2.24, 2.45) is 5.73 Å². The molecule has 1 atom stereocenters. The van der Waals surface area contributed by atoms with Crippen molar-refractivity contribution in [1.29, 1.82) is 0 Å². The van der Waals surface area contributed by atoms with Crippen molar-refractivity contribution in [3.63, 3.8) is 0 Å². The smallest absolute Gasteiger partial charge is 0.123 e. The van der Waals surface area contributed by atoms with Crippen molar-refractivity contribution in [1.82, 2.24) is 4.90 Å². The zero-order valence-corrected chi connectivity index (χ0v) is 10.1. The molecule has 0 aliphatic carbocycles. The average Bonchev–Trinajstić information content (AvgIpc) is 2.27. The van der Waals surface area contributed by atoms with E-state index in [1.54, 1.807) is 12.1 Å². The molecule has 0 saturated heterocycles. The summed E-state index contributed by atoms with van der Waals surface area (Å²) in [6, 6.07) is 6.81. The highest BCUT2D eigenvalue weighted by molar-refractivity contribution is 5.20. The van der Waals surface area contributed by atoms with E-state index in [9.17, 15) is 4.39 Å². The Hall–Kier alpha value is -0.930. The first kappa shape index (κ1) is 13.1. The number of rotatable bonds is 6. The number of likely N-dealkylation sites (N-methyl/N-ethyl adjacent to an activating group) is 1. The molecule has 0 spiro atoms. The lowest BCUT2D eigenvalue weighted by Crippen LogP contribution is -2.31. The largest absolute Gasteiger partial charge is 0.329 e. The molecule has 0 bridgehead atoms. The van der Waals surface area contributed by atoms with Gasteiger partial charge in [0.05, 0.1) is 0 Å². The minimum Gasteiger partial charge on any atom is -0.329 e. The van der Waals surface area contributed by atoms with Crippen LogP contribution in [-0.2, 0) is 0 Å². The molecule has 3 heteroatoms. The lowest BCUT2D eigenvalue weighted by atomic mass is 10.1. The van der Waals surface area contributed by atoms with Gasteiger partial charge < -0.3 is 5.73 Å². The van der Waals surface area contributed by atoms with E-state index < -0.39 is 0 Å². The maximum atomic E-state index is 13.1. The molecule has 2 N–H and O–H groups in total. The average molecular weight is 224 g/mol. The lowest BCUT2D eigenvalue weighted by Gasteiger charge is -2.27. The van der Waals surface area contributed by atoms with Crippen molar-refractivity contribution in [3.05, 3.63) is 35.6 Å². The van der Waals surface area contributed by atoms with Gasteiger partial charge in [-0.1, -0.05) is 25.5 Å². The summed E-state index contributed by atoms with van der Waals surface area (Å²) in [7, 11) is 2.04. The van der Waals surface area contributed by atoms with Crippen LogP contribution in [0.3, 0.4) is 0 Å². The molecule has 0 fully saturated rings. The molecule has 1 rings (SSSR count). The van der Waals surface area contributed by atoms with E-state index in [1.165, 1.54) is 6.07 Å². The zero-order chi connectivity index (χ0) is 12.0. The molecule has 0 amide bonds. The molecule has 0 radical (unpaired) electrons. The normalized spacial score (nSPS) is 13.1. The molecule has 0 aromatic heterocycles. The fourth-order valence-electron chi connectivity index (χ4n) is 1.85. The van der Waals surface area contributed by atoms with Crippen LogP contribution in [0.4, 0.5) is 4.39 Å². The van der Waals surface area contributed by atoms with Gasteiger partial charge in [-0.2, -0.15) is 0 Å². The van der Waals surface area contributed by atoms with Gasteiger partial charge in [0.2, 0.25) is 0 Å². The maximum absolute atomic E-state index is 13.1. The Labute approximate surface area is 97.3 Å². The lowest BCUT2D eigenvalue weighted by molar-refractivity contribution is 0.246. The Balaban J connectivity index is 2.73. The Morgan fingerprint density at radius 3 is 2.75 bits per heavy atom. The fraction of sp³-hybridized carbons (Fsp3) is 0.538. The van der Waals surface area contributed by atoms with E-state index in [4.69, 9.17) is 5.73 Å². The predicted molar refractivity (Wildman–Crippen MR) is 65.7 cm³/mol. The number of nitrogens with zero attached hydrogens (tertiary/aromatic N) is 1. The molecule has 0 aliphatic heterocycles. The van der Waals surface area contributed by atoms with E-state index >= 15 is 0 Å². The maximum Gasteiger partial charge on any atom is 0.123 e. The van der Waals surface area contributed by atoms with Crippen LogP contribution >= 0.6 is 0 Å². The third kappa shape index (κ3) is 3.58. The van der Waals surface area contributed by atoms with E-state index in [2.05, 4.69) is 11.8 Å². The molecule has 0 saturated carbocycles. The minimum absolute atomic E-state index is 0.113. The number of hydrogen-bond donors (Lipinski definition) is 1. The van der Waals surface area contributed by atoms with Gasteiger partial charge in [0, 0.05) is 12.6 Å². The second-order valence-corrected chi connectivity index (χ2v) is 4.14.